The average Bonchev–Trinajstić information content (AvgIpc) is 2.85. The van der Waals surface area contributed by atoms with Crippen molar-refractivity contribution in [2.45, 2.75) is 38.3 Å². The highest BCUT2D eigenvalue weighted by Crippen LogP contribution is 2.16. The van der Waals surface area contributed by atoms with Crippen LogP contribution in [0.25, 0.3) is 0 Å². The minimum atomic E-state index is -0.00380. The van der Waals surface area contributed by atoms with Crippen molar-refractivity contribution in [2.24, 2.45) is 0 Å². The highest BCUT2D eigenvalue weighted by atomic mass is 16.5. The standard InChI is InChI=1S/C14H20N2O2/c1-10(13-7-4-8-18-13)16-14(17)9-11-5-2-3-6-12(11)15/h2-3,5-6,10,13H,4,7-9,15H2,1H3,(H,16,17). The van der Waals surface area contributed by atoms with Crippen LogP contribution in [0.2, 0.25) is 0 Å². The van der Waals surface area contributed by atoms with Gasteiger partial charge in [-0.15, -0.1) is 0 Å². The van der Waals surface area contributed by atoms with Gasteiger partial charge in [-0.1, -0.05) is 18.2 Å². The number of nitrogen functional groups attached to an aromatic ring is 1. The zero-order valence-corrected chi connectivity index (χ0v) is 10.7. The second-order valence-corrected chi connectivity index (χ2v) is 4.78. The van der Waals surface area contributed by atoms with Crippen LogP contribution in [-0.2, 0) is 16.0 Å². The Morgan fingerprint density at radius 1 is 1.56 bits per heavy atom. The molecule has 1 aromatic rings. The summed E-state index contributed by atoms with van der Waals surface area (Å²) < 4.78 is 5.55. The van der Waals surface area contributed by atoms with E-state index in [0.29, 0.717) is 12.1 Å². The fourth-order valence-electron chi connectivity index (χ4n) is 2.26. The molecule has 0 radical (unpaired) electrons. The lowest BCUT2D eigenvalue weighted by Gasteiger charge is -2.20. The van der Waals surface area contributed by atoms with Crippen LogP contribution in [0.15, 0.2) is 24.3 Å². The van der Waals surface area contributed by atoms with Gasteiger partial charge in [-0.05, 0) is 31.4 Å². The van der Waals surface area contributed by atoms with E-state index in [1.54, 1.807) is 0 Å². The molecule has 1 saturated heterocycles. The summed E-state index contributed by atoms with van der Waals surface area (Å²) >= 11 is 0. The minimum Gasteiger partial charge on any atom is -0.398 e. The van der Waals surface area contributed by atoms with Gasteiger partial charge in [-0.2, -0.15) is 0 Å². The number of anilines is 1. The third-order valence-corrected chi connectivity index (χ3v) is 3.32. The molecular formula is C14H20N2O2. The van der Waals surface area contributed by atoms with Crippen molar-refractivity contribution in [3.8, 4) is 0 Å². The number of hydrogen-bond acceptors (Lipinski definition) is 3. The van der Waals surface area contributed by atoms with E-state index >= 15 is 0 Å². The van der Waals surface area contributed by atoms with Gasteiger partial charge in [0.2, 0.25) is 5.91 Å². The van der Waals surface area contributed by atoms with E-state index in [9.17, 15) is 4.79 Å². The lowest BCUT2D eigenvalue weighted by atomic mass is 10.1. The van der Waals surface area contributed by atoms with Crippen molar-refractivity contribution in [3.63, 3.8) is 0 Å². The lowest BCUT2D eigenvalue weighted by molar-refractivity contribution is -0.121. The molecule has 1 aliphatic heterocycles. The molecule has 2 unspecified atom stereocenters. The number of rotatable bonds is 4. The Bertz CT molecular complexity index is 414. The van der Waals surface area contributed by atoms with E-state index in [1.165, 1.54) is 0 Å². The highest BCUT2D eigenvalue weighted by molar-refractivity contribution is 5.80. The summed E-state index contributed by atoms with van der Waals surface area (Å²) in [7, 11) is 0. The molecule has 1 heterocycles. The predicted molar refractivity (Wildman–Crippen MR) is 71.1 cm³/mol. The van der Waals surface area contributed by atoms with Crippen LogP contribution in [0.3, 0.4) is 0 Å². The SMILES string of the molecule is CC(NC(=O)Cc1ccccc1N)C1CCCO1. The summed E-state index contributed by atoms with van der Waals surface area (Å²) in [5.41, 5.74) is 7.35. The molecule has 4 heteroatoms. The first-order valence-corrected chi connectivity index (χ1v) is 6.41. The van der Waals surface area contributed by atoms with Gasteiger partial charge in [-0.3, -0.25) is 4.79 Å². The predicted octanol–water partition coefficient (Wildman–Crippen LogP) is 1.49. The van der Waals surface area contributed by atoms with Gasteiger partial charge in [0.1, 0.15) is 0 Å². The van der Waals surface area contributed by atoms with Gasteiger partial charge in [0.25, 0.3) is 0 Å². The van der Waals surface area contributed by atoms with E-state index in [-0.39, 0.29) is 18.1 Å². The molecule has 1 fully saturated rings. The zero-order chi connectivity index (χ0) is 13.0. The Balaban J connectivity index is 1.86. The second-order valence-electron chi connectivity index (χ2n) is 4.78. The minimum absolute atomic E-state index is 0.00380. The van der Waals surface area contributed by atoms with Crippen molar-refractivity contribution < 1.29 is 9.53 Å². The van der Waals surface area contributed by atoms with E-state index in [1.807, 2.05) is 31.2 Å². The van der Waals surface area contributed by atoms with Crippen LogP contribution < -0.4 is 11.1 Å². The Labute approximate surface area is 108 Å². The molecule has 98 valence electrons. The summed E-state index contributed by atoms with van der Waals surface area (Å²) in [6, 6.07) is 7.51. The summed E-state index contributed by atoms with van der Waals surface area (Å²) in [5.74, 6) is -0.00380. The second kappa shape index (κ2) is 5.87. The third-order valence-electron chi connectivity index (χ3n) is 3.32. The molecule has 4 nitrogen and oxygen atoms in total. The number of nitrogens with one attached hydrogen (secondary N) is 1. The van der Waals surface area contributed by atoms with Crippen molar-refractivity contribution >= 4 is 11.6 Å². The van der Waals surface area contributed by atoms with E-state index < -0.39 is 0 Å². The first-order chi connectivity index (χ1) is 8.66. The molecule has 0 aromatic heterocycles. The molecule has 0 spiro atoms. The molecule has 3 N–H and O–H groups in total. The first kappa shape index (κ1) is 12.9. The van der Waals surface area contributed by atoms with Crippen molar-refractivity contribution in [1.29, 1.82) is 0 Å². The van der Waals surface area contributed by atoms with E-state index in [4.69, 9.17) is 10.5 Å². The van der Waals surface area contributed by atoms with Gasteiger partial charge in [0, 0.05) is 12.3 Å². The first-order valence-electron chi connectivity index (χ1n) is 6.41. The molecule has 0 bridgehead atoms. The average molecular weight is 248 g/mol. The van der Waals surface area contributed by atoms with Crippen molar-refractivity contribution in [1.82, 2.24) is 5.32 Å². The number of amides is 1. The molecule has 1 aliphatic rings. The van der Waals surface area contributed by atoms with Crippen molar-refractivity contribution in [3.05, 3.63) is 29.8 Å². The molecule has 1 aromatic carbocycles. The van der Waals surface area contributed by atoms with Gasteiger partial charge in [-0.25, -0.2) is 0 Å². The fourth-order valence-corrected chi connectivity index (χ4v) is 2.26. The van der Waals surface area contributed by atoms with Gasteiger partial charge in [0.05, 0.1) is 18.6 Å². The Morgan fingerprint density at radius 2 is 2.33 bits per heavy atom. The van der Waals surface area contributed by atoms with Crippen LogP contribution in [0.5, 0.6) is 0 Å². The van der Waals surface area contributed by atoms with Gasteiger partial charge < -0.3 is 15.8 Å². The van der Waals surface area contributed by atoms with E-state index in [2.05, 4.69) is 5.32 Å². The fraction of sp³-hybridized carbons (Fsp3) is 0.500. The molecule has 1 amide bonds. The number of para-hydroxylation sites is 1. The molecule has 0 aliphatic carbocycles. The van der Waals surface area contributed by atoms with E-state index in [0.717, 1.165) is 25.0 Å². The number of carbonyl (C=O) groups is 1. The highest BCUT2D eigenvalue weighted by Gasteiger charge is 2.23. The Morgan fingerprint density at radius 3 is 3.00 bits per heavy atom. The normalized spacial score (nSPS) is 20.6. The molecule has 2 atom stereocenters. The largest absolute Gasteiger partial charge is 0.398 e. The summed E-state index contributed by atoms with van der Waals surface area (Å²) in [6.07, 6.45) is 2.58. The smallest absolute Gasteiger partial charge is 0.224 e. The van der Waals surface area contributed by atoms with Gasteiger partial charge >= 0.3 is 0 Å². The molecular weight excluding hydrogens is 228 g/mol. The molecule has 0 saturated carbocycles. The van der Waals surface area contributed by atoms with Crippen molar-refractivity contribution in [2.75, 3.05) is 12.3 Å². The number of nitrogens with two attached hydrogens (primary N) is 1. The summed E-state index contributed by atoms with van der Waals surface area (Å²) in [4.78, 5) is 11.9. The number of ether oxygens (including phenoxy) is 1. The zero-order valence-electron chi connectivity index (χ0n) is 10.7. The molecule has 2 rings (SSSR count). The number of hydrogen-bond donors (Lipinski definition) is 2. The Kier molecular flexibility index (Phi) is 4.20. The monoisotopic (exact) mass is 248 g/mol. The third kappa shape index (κ3) is 3.23. The molecule has 18 heavy (non-hydrogen) atoms. The quantitative estimate of drug-likeness (QED) is 0.794. The van der Waals surface area contributed by atoms with Crippen LogP contribution in [0.1, 0.15) is 25.3 Å². The summed E-state index contributed by atoms with van der Waals surface area (Å²) in [5, 5.41) is 2.98. The summed E-state index contributed by atoms with van der Waals surface area (Å²) in [6.45, 7) is 2.79. The maximum atomic E-state index is 11.9. The van der Waals surface area contributed by atoms with Crippen LogP contribution in [0.4, 0.5) is 5.69 Å². The maximum Gasteiger partial charge on any atom is 0.224 e. The number of carbonyl (C=O) groups excluding carboxylic acids is 1. The maximum absolute atomic E-state index is 11.9. The number of benzene rings is 1. The van der Waals surface area contributed by atoms with Crippen LogP contribution >= 0.6 is 0 Å². The lowest BCUT2D eigenvalue weighted by Crippen LogP contribution is -2.41. The van der Waals surface area contributed by atoms with Crippen LogP contribution in [-0.4, -0.2) is 24.7 Å². The topological polar surface area (TPSA) is 64.4 Å². The Hall–Kier alpha value is -1.55. The van der Waals surface area contributed by atoms with Gasteiger partial charge in [0.15, 0.2) is 0 Å². The van der Waals surface area contributed by atoms with Crippen LogP contribution in [0, 0.1) is 0 Å².